The van der Waals surface area contributed by atoms with Crippen LogP contribution in [0.4, 0.5) is 0 Å². The van der Waals surface area contributed by atoms with Crippen LogP contribution in [0.15, 0.2) is 30.3 Å². The molecule has 0 aromatic heterocycles. The number of aliphatic hydroxyl groups excluding tert-OH is 1. The standard InChI is InChI=1S/C17H28N2O/c1-3-17(20)10-15-9-16(13-19(2)12-15)18-11-14-7-5-4-6-8-14/h4-8,15-18,20H,3,9-13H2,1-2H3. The minimum absolute atomic E-state index is 0.138. The molecule has 0 amide bonds. The average Bonchev–Trinajstić information content (AvgIpc) is 2.45. The van der Waals surface area contributed by atoms with E-state index in [1.807, 2.05) is 0 Å². The predicted octanol–water partition coefficient (Wildman–Crippen LogP) is 2.26. The molecule has 0 saturated carbocycles. The van der Waals surface area contributed by atoms with E-state index in [2.05, 4.69) is 54.5 Å². The summed E-state index contributed by atoms with van der Waals surface area (Å²) in [4.78, 5) is 2.39. The van der Waals surface area contributed by atoms with Crippen LogP contribution in [0.1, 0.15) is 31.7 Å². The second-order valence-electron chi connectivity index (χ2n) is 6.18. The van der Waals surface area contributed by atoms with Crippen molar-refractivity contribution < 1.29 is 5.11 Å². The minimum atomic E-state index is -0.138. The van der Waals surface area contributed by atoms with Crippen molar-refractivity contribution in [2.24, 2.45) is 5.92 Å². The monoisotopic (exact) mass is 276 g/mol. The zero-order chi connectivity index (χ0) is 14.4. The number of hydrogen-bond donors (Lipinski definition) is 2. The molecule has 0 radical (unpaired) electrons. The van der Waals surface area contributed by atoms with Crippen molar-refractivity contribution in [2.75, 3.05) is 20.1 Å². The van der Waals surface area contributed by atoms with Crippen LogP contribution in [0.25, 0.3) is 0 Å². The van der Waals surface area contributed by atoms with Crippen LogP contribution >= 0.6 is 0 Å². The summed E-state index contributed by atoms with van der Waals surface area (Å²) in [5.74, 6) is 0.608. The van der Waals surface area contributed by atoms with E-state index in [0.29, 0.717) is 12.0 Å². The van der Waals surface area contributed by atoms with Gasteiger partial charge in [0.05, 0.1) is 6.10 Å². The molecule has 112 valence electrons. The fourth-order valence-electron chi connectivity index (χ4n) is 3.17. The quantitative estimate of drug-likeness (QED) is 0.836. The van der Waals surface area contributed by atoms with Gasteiger partial charge in [-0.3, -0.25) is 0 Å². The van der Waals surface area contributed by atoms with Gasteiger partial charge in [-0.1, -0.05) is 37.3 Å². The van der Waals surface area contributed by atoms with E-state index in [0.717, 1.165) is 32.5 Å². The first kappa shape index (κ1) is 15.5. The molecule has 3 nitrogen and oxygen atoms in total. The van der Waals surface area contributed by atoms with Gasteiger partial charge in [0.2, 0.25) is 0 Å². The zero-order valence-electron chi connectivity index (χ0n) is 12.8. The maximum atomic E-state index is 9.85. The molecule has 0 spiro atoms. The second-order valence-corrected chi connectivity index (χ2v) is 6.18. The maximum Gasteiger partial charge on any atom is 0.0540 e. The number of hydrogen-bond acceptors (Lipinski definition) is 3. The smallest absolute Gasteiger partial charge is 0.0540 e. The molecule has 3 heteroatoms. The predicted molar refractivity (Wildman–Crippen MR) is 83.6 cm³/mol. The Morgan fingerprint density at radius 1 is 1.30 bits per heavy atom. The Hall–Kier alpha value is -0.900. The van der Waals surface area contributed by atoms with E-state index in [9.17, 15) is 5.11 Å². The first-order chi connectivity index (χ1) is 9.67. The van der Waals surface area contributed by atoms with Gasteiger partial charge < -0.3 is 15.3 Å². The van der Waals surface area contributed by atoms with Gasteiger partial charge in [0, 0.05) is 25.7 Å². The topological polar surface area (TPSA) is 35.5 Å². The lowest BCUT2D eigenvalue weighted by Gasteiger charge is -2.37. The Kier molecular flexibility index (Phi) is 6.02. The highest BCUT2D eigenvalue weighted by Crippen LogP contribution is 2.21. The molecule has 2 rings (SSSR count). The first-order valence-electron chi connectivity index (χ1n) is 7.81. The highest BCUT2D eigenvalue weighted by molar-refractivity contribution is 5.14. The lowest BCUT2D eigenvalue weighted by Crippen LogP contribution is -2.48. The summed E-state index contributed by atoms with van der Waals surface area (Å²) >= 11 is 0. The molecular formula is C17H28N2O. The number of likely N-dealkylation sites (tertiary alicyclic amines) is 1. The molecule has 0 bridgehead atoms. The number of likely N-dealkylation sites (N-methyl/N-ethyl adjacent to an activating group) is 1. The zero-order valence-corrected chi connectivity index (χ0v) is 12.8. The maximum absolute atomic E-state index is 9.85. The lowest BCUT2D eigenvalue weighted by atomic mass is 9.89. The summed E-state index contributed by atoms with van der Waals surface area (Å²) in [6.45, 7) is 5.21. The van der Waals surface area contributed by atoms with Crippen molar-refractivity contribution in [1.82, 2.24) is 10.2 Å². The number of piperidine rings is 1. The molecule has 1 saturated heterocycles. The Morgan fingerprint density at radius 2 is 2.05 bits per heavy atom. The van der Waals surface area contributed by atoms with Gasteiger partial charge in [0.25, 0.3) is 0 Å². The molecule has 1 aromatic rings. The molecule has 1 aromatic carbocycles. The van der Waals surface area contributed by atoms with Crippen LogP contribution in [0, 0.1) is 5.92 Å². The molecule has 3 unspecified atom stereocenters. The van der Waals surface area contributed by atoms with Crippen LogP contribution in [-0.2, 0) is 6.54 Å². The molecule has 1 fully saturated rings. The Bertz CT molecular complexity index is 382. The second kappa shape index (κ2) is 7.77. The van der Waals surface area contributed by atoms with Crippen molar-refractivity contribution >= 4 is 0 Å². The molecule has 1 heterocycles. The Labute approximate surface area is 123 Å². The van der Waals surface area contributed by atoms with Gasteiger partial charge in [0.1, 0.15) is 0 Å². The Morgan fingerprint density at radius 3 is 2.75 bits per heavy atom. The third-order valence-electron chi connectivity index (χ3n) is 4.23. The fourth-order valence-corrected chi connectivity index (χ4v) is 3.17. The average molecular weight is 276 g/mol. The van der Waals surface area contributed by atoms with E-state index < -0.39 is 0 Å². The normalized spacial score (nSPS) is 25.6. The molecule has 1 aliphatic rings. The van der Waals surface area contributed by atoms with Gasteiger partial charge in [-0.25, -0.2) is 0 Å². The third kappa shape index (κ3) is 4.89. The summed E-state index contributed by atoms with van der Waals surface area (Å²) < 4.78 is 0. The van der Waals surface area contributed by atoms with Crippen molar-refractivity contribution in [3.05, 3.63) is 35.9 Å². The van der Waals surface area contributed by atoms with Crippen molar-refractivity contribution in [3.8, 4) is 0 Å². The molecular weight excluding hydrogens is 248 g/mol. The number of benzene rings is 1. The summed E-state index contributed by atoms with van der Waals surface area (Å²) in [6.07, 6.45) is 2.84. The van der Waals surface area contributed by atoms with Gasteiger partial charge in [-0.15, -0.1) is 0 Å². The summed E-state index contributed by atoms with van der Waals surface area (Å²) in [5.41, 5.74) is 1.34. The molecule has 3 atom stereocenters. The van der Waals surface area contributed by atoms with E-state index in [-0.39, 0.29) is 6.10 Å². The van der Waals surface area contributed by atoms with E-state index in [1.165, 1.54) is 12.0 Å². The van der Waals surface area contributed by atoms with Gasteiger partial charge in [-0.2, -0.15) is 0 Å². The fraction of sp³-hybridized carbons (Fsp3) is 0.647. The number of aliphatic hydroxyl groups is 1. The number of nitrogens with zero attached hydrogens (tertiary/aromatic N) is 1. The van der Waals surface area contributed by atoms with Crippen molar-refractivity contribution in [3.63, 3.8) is 0 Å². The van der Waals surface area contributed by atoms with Crippen LogP contribution in [0.3, 0.4) is 0 Å². The highest BCUT2D eigenvalue weighted by atomic mass is 16.3. The number of rotatable bonds is 6. The Balaban J connectivity index is 1.82. The van der Waals surface area contributed by atoms with Crippen LogP contribution < -0.4 is 5.32 Å². The summed E-state index contributed by atoms with van der Waals surface area (Å²) in [6, 6.07) is 11.1. The van der Waals surface area contributed by atoms with Crippen LogP contribution in [0.2, 0.25) is 0 Å². The molecule has 0 aliphatic carbocycles. The van der Waals surface area contributed by atoms with E-state index in [4.69, 9.17) is 0 Å². The molecule has 2 N–H and O–H groups in total. The van der Waals surface area contributed by atoms with Gasteiger partial charge >= 0.3 is 0 Å². The largest absolute Gasteiger partial charge is 0.393 e. The van der Waals surface area contributed by atoms with Gasteiger partial charge in [0.15, 0.2) is 0 Å². The van der Waals surface area contributed by atoms with Crippen molar-refractivity contribution in [1.29, 1.82) is 0 Å². The van der Waals surface area contributed by atoms with Crippen molar-refractivity contribution in [2.45, 2.75) is 44.9 Å². The molecule has 1 aliphatic heterocycles. The highest BCUT2D eigenvalue weighted by Gasteiger charge is 2.26. The lowest BCUT2D eigenvalue weighted by molar-refractivity contribution is 0.0943. The van der Waals surface area contributed by atoms with E-state index in [1.54, 1.807) is 0 Å². The van der Waals surface area contributed by atoms with Crippen LogP contribution in [0.5, 0.6) is 0 Å². The number of nitrogens with one attached hydrogen (secondary N) is 1. The summed E-state index contributed by atoms with van der Waals surface area (Å²) in [7, 11) is 2.18. The minimum Gasteiger partial charge on any atom is -0.393 e. The van der Waals surface area contributed by atoms with Crippen LogP contribution in [-0.4, -0.2) is 42.3 Å². The summed E-state index contributed by atoms with van der Waals surface area (Å²) in [5, 5.41) is 13.5. The third-order valence-corrected chi connectivity index (χ3v) is 4.23. The van der Waals surface area contributed by atoms with Gasteiger partial charge in [-0.05, 0) is 37.8 Å². The SMILES string of the molecule is CCC(O)CC1CC(NCc2ccccc2)CN(C)C1. The molecule has 20 heavy (non-hydrogen) atoms. The first-order valence-corrected chi connectivity index (χ1v) is 7.81. The van der Waals surface area contributed by atoms with E-state index >= 15 is 0 Å².